The fourth-order valence-electron chi connectivity index (χ4n) is 2.95. The number of halogens is 2. The van der Waals surface area contributed by atoms with Crippen LogP contribution in [0.15, 0.2) is 36.4 Å². The summed E-state index contributed by atoms with van der Waals surface area (Å²) in [5.74, 6) is -0.261. The third-order valence-electron chi connectivity index (χ3n) is 4.47. The Morgan fingerprint density at radius 1 is 1.15 bits per heavy atom. The molecule has 1 amide bonds. The first-order chi connectivity index (χ1) is 13.0. The lowest BCUT2D eigenvalue weighted by Gasteiger charge is -2.23. The maximum Gasteiger partial charge on any atom is 0.238 e. The van der Waals surface area contributed by atoms with E-state index in [1.165, 1.54) is 0 Å². The number of anilines is 1. The summed E-state index contributed by atoms with van der Waals surface area (Å²) in [6.45, 7) is 0.561. The van der Waals surface area contributed by atoms with Gasteiger partial charge in [0.05, 0.1) is 26.5 Å². The minimum Gasteiger partial charge on any atom is -0.497 e. The van der Waals surface area contributed by atoms with Crippen molar-refractivity contribution in [2.45, 2.75) is 25.4 Å². The van der Waals surface area contributed by atoms with Gasteiger partial charge in [-0.2, -0.15) is 0 Å². The van der Waals surface area contributed by atoms with Gasteiger partial charge >= 0.3 is 0 Å². The lowest BCUT2D eigenvalue weighted by Crippen LogP contribution is -2.34. The van der Waals surface area contributed by atoms with Crippen LogP contribution >= 0.6 is 0 Å². The number of hydrogen-bond acceptors (Lipinski definition) is 4. The second kappa shape index (κ2) is 8.35. The van der Waals surface area contributed by atoms with E-state index in [-0.39, 0.29) is 18.3 Å². The van der Waals surface area contributed by atoms with Gasteiger partial charge in [-0.25, -0.2) is 8.78 Å². The second-order valence-corrected chi connectivity index (χ2v) is 6.49. The molecule has 0 heterocycles. The van der Waals surface area contributed by atoms with Crippen molar-refractivity contribution >= 4 is 11.6 Å². The van der Waals surface area contributed by atoms with Gasteiger partial charge in [-0.1, -0.05) is 0 Å². The van der Waals surface area contributed by atoms with Crippen LogP contribution in [0.3, 0.4) is 0 Å². The Morgan fingerprint density at radius 2 is 1.93 bits per heavy atom. The highest BCUT2D eigenvalue weighted by Gasteiger charge is 2.31. The topological polar surface area (TPSA) is 50.8 Å². The number of methoxy groups -OCH3 is 2. The van der Waals surface area contributed by atoms with Gasteiger partial charge in [0.2, 0.25) is 5.91 Å². The van der Waals surface area contributed by atoms with Crippen molar-refractivity contribution in [2.75, 3.05) is 26.1 Å². The minimum absolute atomic E-state index is 0.0704. The molecule has 1 N–H and O–H groups in total. The second-order valence-electron chi connectivity index (χ2n) is 6.49. The summed E-state index contributed by atoms with van der Waals surface area (Å²) in [6.07, 6.45) is 1.99. The van der Waals surface area contributed by atoms with Crippen LogP contribution in [0, 0.1) is 11.6 Å². The number of ether oxygens (including phenoxy) is 2. The Bertz CT molecular complexity index is 825. The van der Waals surface area contributed by atoms with Gasteiger partial charge in [0.1, 0.15) is 23.1 Å². The highest BCUT2D eigenvalue weighted by molar-refractivity contribution is 5.92. The van der Waals surface area contributed by atoms with Gasteiger partial charge in [0.15, 0.2) is 0 Å². The minimum atomic E-state index is -0.669. The van der Waals surface area contributed by atoms with E-state index in [2.05, 4.69) is 5.32 Å². The summed E-state index contributed by atoms with van der Waals surface area (Å²) in [4.78, 5) is 14.4. The third kappa shape index (κ3) is 4.95. The Labute approximate surface area is 156 Å². The first-order valence-electron chi connectivity index (χ1n) is 8.70. The van der Waals surface area contributed by atoms with Crippen molar-refractivity contribution in [3.8, 4) is 11.5 Å². The molecule has 3 rings (SSSR count). The molecular weight excluding hydrogens is 354 g/mol. The Hall–Kier alpha value is -2.67. The van der Waals surface area contributed by atoms with Crippen LogP contribution in [0.4, 0.5) is 14.5 Å². The molecule has 1 fully saturated rings. The molecule has 1 aliphatic carbocycles. The standard InChI is InChI=1S/C20H22F2N2O3/c1-26-16-6-8-19(27-2)13(9-16)11-24(15-4-5-15)12-20(25)23-18-10-14(21)3-7-17(18)22/h3,6-10,15H,4-5,11-12H2,1-2H3,(H,23,25). The number of carbonyl (C=O) groups excluding carboxylic acids is 1. The smallest absolute Gasteiger partial charge is 0.238 e. The van der Waals surface area contributed by atoms with Gasteiger partial charge in [-0.05, 0) is 43.2 Å². The van der Waals surface area contributed by atoms with Crippen molar-refractivity contribution in [1.82, 2.24) is 4.90 Å². The summed E-state index contributed by atoms with van der Waals surface area (Å²) in [5.41, 5.74) is 0.739. The van der Waals surface area contributed by atoms with E-state index in [4.69, 9.17) is 9.47 Å². The predicted molar refractivity (Wildman–Crippen MR) is 98.0 cm³/mol. The average Bonchev–Trinajstić information content (AvgIpc) is 3.49. The molecule has 0 aromatic heterocycles. The van der Waals surface area contributed by atoms with Gasteiger partial charge in [0.25, 0.3) is 0 Å². The van der Waals surface area contributed by atoms with Crippen molar-refractivity contribution in [1.29, 1.82) is 0 Å². The number of amides is 1. The van der Waals surface area contributed by atoms with Gasteiger partial charge in [-0.3, -0.25) is 9.69 Å². The monoisotopic (exact) mass is 376 g/mol. The van der Waals surface area contributed by atoms with Crippen LogP contribution in [-0.2, 0) is 11.3 Å². The van der Waals surface area contributed by atoms with Crippen LogP contribution in [0.25, 0.3) is 0 Å². The van der Waals surface area contributed by atoms with E-state index < -0.39 is 17.5 Å². The molecule has 5 nitrogen and oxygen atoms in total. The first kappa shape index (κ1) is 19.1. The predicted octanol–water partition coefficient (Wildman–Crippen LogP) is 3.59. The Morgan fingerprint density at radius 3 is 2.59 bits per heavy atom. The summed E-state index contributed by atoms with van der Waals surface area (Å²) in [5, 5.41) is 2.45. The maximum atomic E-state index is 13.7. The highest BCUT2D eigenvalue weighted by atomic mass is 19.1. The molecule has 0 spiro atoms. The van der Waals surface area contributed by atoms with E-state index >= 15 is 0 Å². The van der Waals surface area contributed by atoms with Crippen LogP contribution < -0.4 is 14.8 Å². The molecule has 144 valence electrons. The average molecular weight is 376 g/mol. The lowest BCUT2D eigenvalue weighted by atomic mass is 10.1. The van der Waals surface area contributed by atoms with Gasteiger partial charge in [-0.15, -0.1) is 0 Å². The number of hydrogen-bond donors (Lipinski definition) is 1. The molecular formula is C20H22F2N2O3. The summed E-state index contributed by atoms with van der Waals surface area (Å²) < 4.78 is 37.7. The van der Waals surface area contributed by atoms with Crippen LogP contribution in [0.2, 0.25) is 0 Å². The fraction of sp³-hybridized carbons (Fsp3) is 0.350. The van der Waals surface area contributed by atoms with E-state index in [0.717, 1.165) is 36.6 Å². The summed E-state index contributed by atoms with van der Waals surface area (Å²) in [6, 6.07) is 8.76. The van der Waals surface area contributed by atoms with Crippen molar-refractivity contribution in [3.05, 3.63) is 53.6 Å². The maximum absolute atomic E-state index is 13.7. The molecule has 2 aromatic rings. The molecule has 1 saturated carbocycles. The third-order valence-corrected chi connectivity index (χ3v) is 4.47. The zero-order chi connectivity index (χ0) is 19.4. The fourth-order valence-corrected chi connectivity index (χ4v) is 2.95. The lowest BCUT2D eigenvalue weighted by molar-refractivity contribution is -0.117. The summed E-state index contributed by atoms with van der Waals surface area (Å²) >= 11 is 0. The summed E-state index contributed by atoms with van der Waals surface area (Å²) in [7, 11) is 3.18. The van der Waals surface area contributed by atoms with Gasteiger partial charge < -0.3 is 14.8 Å². The zero-order valence-corrected chi connectivity index (χ0v) is 15.3. The van der Waals surface area contributed by atoms with E-state index in [1.807, 2.05) is 23.1 Å². The van der Waals surface area contributed by atoms with Gasteiger partial charge in [0, 0.05) is 24.2 Å². The number of carbonyl (C=O) groups is 1. The molecule has 2 aromatic carbocycles. The Kier molecular flexibility index (Phi) is 5.91. The van der Waals surface area contributed by atoms with E-state index in [9.17, 15) is 13.6 Å². The molecule has 1 aliphatic rings. The van der Waals surface area contributed by atoms with Crippen LogP contribution in [0.5, 0.6) is 11.5 Å². The molecule has 0 atom stereocenters. The molecule has 0 saturated heterocycles. The number of rotatable bonds is 8. The number of nitrogens with one attached hydrogen (secondary N) is 1. The Balaban J connectivity index is 1.71. The van der Waals surface area contributed by atoms with E-state index in [0.29, 0.717) is 18.0 Å². The molecule has 7 heteroatoms. The largest absolute Gasteiger partial charge is 0.497 e. The SMILES string of the molecule is COc1ccc(OC)c(CN(CC(=O)Nc2cc(F)ccc2F)C2CC2)c1. The highest BCUT2D eigenvalue weighted by Crippen LogP contribution is 2.31. The molecule has 0 unspecified atom stereocenters. The quantitative estimate of drug-likeness (QED) is 0.765. The van der Waals surface area contributed by atoms with Crippen molar-refractivity contribution in [2.24, 2.45) is 0 Å². The molecule has 0 bridgehead atoms. The van der Waals surface area contributed by atoms with Crippen LogP contribution in [0.1, 0.15) is 18.4 Å². The molecule has 27 heavy (non-hydrogen) atoms. The van der Waals surface area contributed by atoms with E-state index in [1.54, 1.807) is 14.2 Å². The number of benzene rings is 2. The molecule has 0 aliphatic heterocycles. The molecule has 0 radical (unpaired) electrons. The first-order valence-corrected chi connectivity index (χ1v) is 8.70. The van der Waals surface area contributed by atoms with Crippen molar-refractivity contribution < 1.29 is 23.0 Å². The zero-order valence-electron chi connectivity index (χ0n) is 15.3. The van der Waals surface area contributed by atoms with Crippen molar-refractivity contribution in [3.63, 3.8) is 0 Å². The number of nitrogens with zero attached hydrogens (tertiary/aromatic N) is 1. The van der Waals surface area contributed by atoms with Crippen LogP contribution in [-0.4, -0.2) is 37.6 Å². The normalized spacial score (nSPS) is 13.5.